The van der Waals surface area contributed by atoms with Gasteiger partial charge in [-0.25, -0.2) is 4.39 Å². The molecule has 0 radical (unpaired) electrons. The van der Waals surface area contributed by atoms with Crippen molar-refractivity contribution in [1.82, 2.24) is 9.80 Å². The molecule has 1 saturated heterocycles. The average molecular weight is 294 g/mol. The number of β-amino-alcohol motifs (C(OH)–C–C–N with tert-alkyl or cyclic N) is 1. The van der Waals surface area contributed by atoms with Gasteiger partial charge in [-0.1, -0.05) is 12.1 Å². The quantitative estimate of drug-likeness (QED) is 0.806. The standard InChI is InChI=1S/C16H23FN2O2/c17-15-4-1-3-14(13-15)16(21)5-8-18-6-2-7-19(10-9-18)11-12-20/h1,3-4,13,20H,2,5-12H2. The number of aliphatic hydroxyl groups is 1. The number of carbonyl (C=O) groups excluding carboxylic acids is 1. The third kappa shape index (κ3) is 5.19. The molecule has 1 aromatic rings. The summed E-state index contributed by atoms with van der Waals surface area (Å²) in [5, 5.41) is 8.97. The summed E-state index contributed by atoms with van der Waals surface area (Å²) in [6.45, 7) is 5.43. The SMILES string of the molecule is O=C(CCN1CCCN(CCO)CC1)c1cccc(F)c1. The van der Waals surface area contributed by atoms with Crippen LogP contribution < -0.4 is 0 Å². The Morgan fingerprint density at radius 3 is 2.52 bits per heavy atom. The molecule has 1 fully saturated rings. The second-order valence-corrected chi connectivity index (χ2v) is 5.44. The molecule has 1 aliphatic heterocycles. The molecule has 21 heavy (non-hydrogen) atoms. The zero-order chi connectivity index (χ0) is 15.1. The Hall–Kier alpha value is -1.30. The van der Waals surface area contributed by atoms with Gasteiger partial charge in [-0.15, -0.1) is 0 Å². The van der Waals surface area contributed by atoms with Crippen LogP contribution >= 0.6 is 0 Å². The molecule has 0 aromatic heterocycles. The minimum absolute atomic E-state index is 0.00837. The minimum atomic E-state index is -0.365. The average Bonchev–Trinajstić information content (AvgIpc) is 2.71. The summed E-state index contributed by atoms with van der Waals surface area (Å²) >= 11 is 0. The third-order valence-electron chi connectivity index (χ3n) is 3.90. The topological polar surface area (TPSA) is 43.8 Å². The molecule has 0 bridgehead atoms. The highest BCUT2D eigenvalue weighted by molar-refractivity contribution is 5.96. The number of ketones is 1. The molecule has 1 heterocycles. The van der Waals surface area contributed by atoms with Crippen LogP contribution in [0.5, 0.6) is 0 Å². The lowest BCUT2D eigenvalue weighted by Gasteiger charge is -2.20. The number of aliphatic hydroxyl groups excluding tert-OH is 1. The summed E-state index contributed by atoms with van der Waals surface area (Å²) in [6.07, 6.45) is 1.47. The van der Waals surface area contributed by atoms with Crippen LogP contribution in [0.1, 0.15) is 23.2 Å². The summed E-state index contributed by atoms with van der Waals surface area (Å²) in [7, 11) is 0. The van der Waals surface area contributed by atoms with E-state index >= 15 is 0 Å². The number of Topliss-reactive ketones (excluding diaryl/α,β-unsaturated/α-hetero) is 1. The number of hydrogen-bond donors (Lipinski definition) is 1. The van der Waals surface area contributed by atoms with Crippen LogP contribution in [0.15, 0.2) is 24.3 Å². The zero-order valence-electron chi connectivity index (χ0n) is 12.3. The Labute approximate surface area is 125 Å². The number of benzene rings is 1. The second-order valence-electron chi connectivity index (χ2n) is 5.44. The van der Waals surface area contributed by atoms with Crippen LogP contribution in [-0.2, 0) is 0 Å². The monoisotopic (exact) mass is 294 g/mol. The van der Waals surface area contributed by atoms with Crippen molar-refractivity contribution in [3.05, 3.63) is 35.6 Å². The van der Waals surface area contributed by atoms with Gasteiger partial charge in [0.1, 0.15) is 5.82 Å². The van der Waals surface area contributed by atoms with E-state index in [1.54, 1.807) is 12.1 Å². The number of carbonyl (C=O) groups is 1. The lowest BCUT2D eigenvalue weighted by atomic mass is 10.1. The Kier molecular flexibility index (Phi) is 6.29. The van der Waals surface area contributed by atoms with Gasteiger partial charge >= 0.3 is 0 Å². The molecule has 0 saturated carbocycles. The molecular formula is C16H23FN2O2. The highest BCUT2D eigenvalue weighted by Crippen LogP contribution is 2.09. The highest BCUT2D eigenvalue weighted by Gasteiger charge is 2.15. The molecule has 1 aliphatic rings. The van der Waals surface area contributed by atoms with Crippen molar-refractivity contribution >= 4 is 5.78 Å². The highest BCUT2D eigenvalue weighted by atomic mass is 19.1. The van der Waals surface area contributed by atoms with E-state index in [1.165, 1.54) is 12.1 Å². The predicted molar refractivity (Wildman–Crippen MR) is 79.9 cm³/mol. The fourth-order valence-corrected chi connectivity index (χ4v) is 2.68. The van der Waals surface area contributed by atoms with Crippen molar-refractivity contribution in [2.75, 3.05) is 45.9 Å². The zero-order valence-corrected chi connectivity index (χ0v) is 12.3. The van der Waals surface area contributed by atoms with Crippen LogP contribution in [0.25, 0.3) is 0 Å². The molecule has 1 N–H and O–H groups in total. The van der Waals surface area contributed by atoms with Gasteiger partial charge in [0.15, 0.2) is 5.78 Å². The van der Waals surface area contributed by atoms with Crippen LogP contribution in [-0.4, -0.2) is 66.6 Å². The minimum Gasteiger partial charge on any atom is -0.395 e. The van der Waals surface area contributed by atoms with Crippen molar-refractivity contribution in [2.45, 2.75) is 12.8 Å². The number of rotatable bonds is 6. The third-order valence-corrected chi connectivity index (χ3v) is 3.90. The van der Waals surface area contributed by atoms with E-state index in [2.05, 4.69) is 9.80 Å². The summed E-state index contributed by atoms with van der Waals surface area (Å²) in [5.41, 5.74) is 0.451. The van der Waals surface area contributed by atoms with Gasteiger partial charge in [0.05, 0.1) is 6.61 Å². The van der Waals surface area contributed by atoms with E-state index in [4.69, 9.17) is 5.11 Å². The second kappa shape index (κ2) is 8.22. The fraction of sp³-hybridized carbons (Fsp3) is 0.562. The molecule has 0 amide bonds. The van der Waals surface area contributed by atoms with Crippen molar-refractivity contribution in [1.29, 1.82) is 0 Å². The Morgan fingerprint density at radius 2 is 1.86 bits per heavy atom. The van der Waals surface area contributed by atoms with Crippen LogP contribution in [0.4, 0.5) is 4.39 Å². The van der Waals surface area contributed by atoms with E-state index in [9.17, 15) is 9.18 Å². The predicted octanol–water partition coefficient (Wildman–Crippen LogP) is 1.40. The first-order chi connectivity index (χ1) is 10.2. The molecule has 0 aliphatic carbocycles. The maximum Gasteiger partial charge on any atom is 0.164 e. The van der Waals surface area contributed by atoms with E-state index in [-0.39, 0.29) is 18.2 Å². The maximum absolute atomic E-state index is 13.1. The first-order valence-electron chi connectivity index (χ1n) is 7.53. The molecule has 0 unspecified atom stereocenters. The van der Waals surface area contributed by atoms with E-state index in [0.29, 0.717) is 18.5 Å². The smallest absolute Gasteiger partial charge is 0.164 e. The summed E-state index contributed by atoms with van der Waals surface area (Å²) in [5.74, 6) is -0.374. The van der Waals surface area contributed by atoms with Gasteiger partial charge in [-0.2, -0.15) is 0 Å². The molecule has 5 heteroatoms. The Bertz CT molecular complexity index is 467. The largest absolute Gasteiger partial charge is 0.395 e. The van der Waals surface area contributed by atoms with Gasteiger partial charge in [0, 0.05) is 38.2 Å². The van der Waals surface area contributed by atoms with Crippen molar-refractivity contribution < 1.29 is 14.3 Å². The lowest BCUT2D eigenvalue weighted by Crippen LogP contribution is -2.33. The fourth-order valence-electron chi connectivity index (χ4n) is 2.68. The number of nitrogens with zero attached hydrogens (tertiary/aromatic N) is 2. The Morgan fingerprint density at radius 1 is 1.14 bits per heavy atom. The van der Waals surface area contributed by atoms with Crippen molar-refractivity contribution in [3.63, 3.8) is 0 Å². The van der Waals surface area contributed by atoms with Crippen LogP contribution in [0, 0.1) is 5.82 Å². The normalized spacial score (nSPS) is 17.6. The van der Waals surface area contributed by atoms with E-state index < -0.39 is 0 Å². The van der Waals surface area contributed by atoms with Crippen LogP contribution in [0.2, 0.25) is 0 Å². The molecule has 116 valence electrons. The van der Waals surface area contributed by atoms with E-state index in [1.807, 2.05) is 0 Å². The Balaban J connectivity index is 1.79. The van der Waals surface area contributed by atoms with Gasteiger partial charge < -0.3 is 10.0 Å². The number of hydrogen-bond acceptors (Lipinski definition) is 4. The van der Waals surface area contributed by atoms with Gasteiger partial charge in [-0.05, 0) is 31.6 Å². The van der Waals surface area contributed by atoms with Gasteiger partial charge in [0.2, 0.25) is 0 Å². The number of halogens is 1. The van der Waals surface area contributed by atoms with Crippen molar-refractivity contribution in [2.24, 2.45) is 0 Å². The summed E-state index contributed by atoms with van der Waals surface area (Å²) < 4.78 is 13.1. The van der Waals surface area contributed by atoms with Crippen LogP contribution in [0.3, 0.4) is 0 Å². The van der Waals surface area contributed by atoms with Crippen molar-refractivity contribution in [3.8, 4) is 0 Å². The molecule has 2 rings (SSSR count). The lowest BCUT2D eigenvalue weighted by molar-refractivity contribution is 0.0964. The molecular weight excluding hydrogens is 271 g/mol. The molecule has 0 atom stereocenters. The summed E-state index contributed by atoms with van der Waals surface area (Å²) in [4.78, 5) is 16.6. The maximum atomic E-state index is 13.1. The molecule has 4 nitrogen and oxygen atoms in total. The molecule has 0 spiro atoms. The summed E-state index contributed by atoms with van der Waals surface area (Å²) in [6, 6.07) is 5.88. The molecule has 1 aromatic carbocycles. The first kappa shape index (κ1) is 16.1. The van der Waals surface area contributed by atoms with E-state index in [0.717, 1.165) is 39.1 Å². The van der Waals surface area contributed by atoms with Gasteiger partial charge in [0.25, 0.3) is 0 Å². The first-order valence-corrected chi connectivity index (χ1v) is 7.53. The van der Waals surface area contributed by atoms with Gasteiger partial charge in [-0.3, -0.25) is 9.69 Å².